The molecule has 1 saturated heterocycles. The number of nitrogens with one attached hydrogen (secondary N) is 1. The predicted molar refractivity (Wildman–Crippen MR) is 120 cm³/mol. The molecule has 0 bridgehead atoms. The van der Waals surface area contributed by atoms with E-state index in [1.807, 2.05) is 16.7 Å². The fourth-order valence-corrected chi connectivity index (χ4v) is 5.00. The average molecular weight is 460 g/mol. The monoisotopic (exact) mass is 459 g/mol. The molecule has 3 aromatic heterocycles. The van der Waals surface area contributed by atoms with E-state index in [1.165, 1.54) is 18.1 Å². The summed E-state index contributed by atoms with van der Waals surface area (Å²) in [6, 6.07) is 6.11. The molecule has 0 spiro atoms. The molecule has 0 radical (unpaired) electrons. The molecule has 0 aliphatic carbocycles. The van der Waals surface area contributed by atoms with Crippen molar-refractivity contribution in [3.05, 3.63) is 30.8 Å². The van der Waals surface area contributed by atoms with Crippen molar-refractivity contribution in [3.8, 4) is 0 Å². The molecule has 162 valence electrons. The van der Waals surface area contributed by atoms with Crippen molar-refractivity contribution in [3.63, 3.8) is 0 Å². The number of nitrogen functional groups attached to an aromatic ring is 1. The summed E-state index contributed by atoms with van der Waals surface area (Å²) in [6.07, 6.45) is 4.82. The maximum absolute atomic E-state index is 11.4. The highest BCUT2D eigenvalue weighted by Gasteiger charge is 2.24. The van der Waals surface area contributed by atoms with E-state index in [9.17, 15) is 8.42 Å². The normalized spacial score (nSPS) is 14.0. The summed E-state index contributed by atoms with van der Waals surface area (Å²) in [5.41, 5.74) is 9.15. The second kappa shape index (κ2) is 7.70. The van der Waals surface area contributed by atoms with Crippen LogP contribution in [0.2, 0.25) is 0 Å². The number of sulfonamides is 1. The van der Waals surface area contributed by atoms with Gasteiger partial charge in [-0.25, -0.2) is 28.1 Å². The maximum atomic E-state index is 11.4. The number of rotatable bonds is 8. The average Bonchev–Trinajstić information content (AvgIpc) is 3.35. The highest BCUT2D eigenvalue weighted by Crippen LogP contribution is 2.41. The Morgan fingerprint density at radius 3 is 2.90 bits per heavy atom. The summed E-state index contributed by atoms with van der Waals surface area (Å²) in [4.78, 5) is 16.4. The highest BCUT2D eigenvalue weighted by atomic mass is 32.2. The fraction of sp³-hybridized carbons (Fsp3) is 0.316. The van der Waals surface area contributed by atoms with Crippen LogP contribution in [-0.2, 0) is 16.6 Å². The Bertz CT molecular complexity index is 1380. The van der Waals surface area contributed by atoms with Crippen LogP contribution in [0.1, 0.15) is 6.42 Å². The number of aromatic nitrogens is 4. The molecule has 5 rings (SSSR count). The first-order valence-corrected chi connectivity index (χ1v) is 12.5. The maximum Gasteiger partial charge on any atom is 0.208 e. The first-order valence-electron chi connectivity index (χ1n) is 9.74. The van der Waals surface area contributed by atoms with Gasteiger partial charge in [-0.2, -0.15) is 0 Å². The van der Waals surface area contributed by atoms with Gasteiger partial charge in [0.15, 0.2) is 22.1 Å². The van der Waals surface area contributed by atoms with Gasteiger partial charge in [0.1, 0.15) is 11.9 Å². The van der Waals surface area contributed by atoms with Crippen LogP contribution >= 0.6 is 11.8 Å². The zero-order chi connectivity index (χ0) is 21.6. The third-order valence-electron chi connectivity index (χ3n) is 4.97. The van der Waals surface area contributed by atoms with E-state index in [0.29, 0.717) is 36.5 Å². The van der Waals surface area contributed by atoms with Gasteiger partial charge in [0.25, 0.3) is 0 Å². The number of anilines is 2. The van der Waals surface area contributed by atoms with Crippen LogP contribution < -0.4 is 15.4 Å². The number of fused-ring (bicyclic) bond motifs is 2. The quantitative estimate of drug-likeness (QED) is 0.300. The smallest absolute Gasteiger partial charge is 0.208 e. The number of nitrogens with two attached hydrogens (primary N) is 1. The van der Waals surface area contributed by atoms with Crippen LogP contribution in [0, 0.1) is 0 Å². The van der Waals surface area contributed by atoms with Gasteiger partial charge < -0.3 is 19.6 Å². The van der Waals surface area contributed by atoms with Crippen molar-refractivity contribution in [2.24, 2.45) is 0 Å². The molecule has 1 aliphatic heterocycles. The minimum atomic E-state index is -3.24. The van der Waals surface area contributed by atoms with Crippen LogP contribution in [-0.4, -0.2) is 53.8 Å². The number of imidazole rings is 1. The molecule has 1 aliphatic rings. The number of hydrogen-bond donors (Lipinski definition) is 2. The Morgan fingerprint density at radius 1 is 1.29 bits per heavy atom. The zero-order valence-corrected chi connectivity index (χ0v) is 18.4. The Hall–Kier alpha value is -2.83. The van der Waals surface area contributed by atoms with Crippen molar-refractivity contribution in [2.75, 3.05) is 36.5 Å². The minimum absolute atomic E-state index is 0.313. The van der Waals surface area contributed by atoms with E-state index in [0.717, 1.165) is 46.1 Å². The molecule has 10 nitrogen and oxygen atoms in total. The summed E-state index contributed by atoms with van der Waals surface area (Å²) in [6.45, 7) is 2.88. The SMILES string of the molecule is CS(=O)(=O)NCCCn1c(Sc2cc3occc3cc2N2CC2)nc2c(N)ncnc21. The topological polar surface area (TPSA) is 132 Å². The van der Waals surface area contributed by atoms with E-state index in [4.69, 9.17) is 15.1 Å². The van der Waals surface area contributed by atoms with Gasteiger partial charge in [-0.15, -0.1) is 0 Å². The summed E-state index contributed by atoms with van der Waals surface area (Å²) < 4.78 is 32.8. The summed E-state index contributed by atoms with van der Waals surface area (Å²) in [5.74, 6) is 0.313. The van der Waals surface area contributed by atoms with E-state index in [-0.39, 0.29) is 0 Å². The van der Waals surface area contributed by atoms with E-state index < -0.39 is 10.0 Å². The van der Waals surface area contributed by atoms with Gasteiger partial charge in [-0.3, -0.25) is 0 Å². The first-order chi connectivity index (χ1) is 14.9. The Morgan fingerprint density at radius 2 is 2.13 bits per heavy atom. The van der Waals surface area contributed by atoms with Crippen LogP contribution in [0.25, 0.3) is 22.1 Å². The molecule has 4 heterocycles. The molecule has 0 amide bonds. The molecular formula is C19H21N7O3S2. The van der Waals surface area contributed by atoms with Gasteiger partial charge in [0.2, 0.25) is 10.0 Å². The van der Waals surface area contributed by atoms with E-state index in [1.54, 1.807) is 6.26 Å². The lowest BCUT2D eigenvalue weighted by molar-refractivity contribution is 0.568. The minimum Gasteiger partial charge on any atom is -0.464 e. The predicted octanol–water partition coefficient (Wildman–Crippen LogP) is 2.07. The lowest BCUT2D eigenvalue weighted by Gasteiger charge is -2.12. The number of aryl methyl sites for hydroxylation is 1. The van der Waals surface area contributed by atoms with Crippen molar-refractivity contribution < 1.29 is 12.8 Å². The second-order valence-corrected chi connectivity index (χ2v) is 10.2. The Labute approximate surface area is 182 Å². The molecule has 31 heavy (non-hydrogen) atoms. The summed E-state index contributed by atoms with van der Waals surface area (Å²) in [7, 11) is -3.24. The molecule has 0 unspecified atom stereocenters. The van der Waals surface area contributed by atoms with Crippen LogP contribution in [0.15, 0.2) is 45.3 Å². The number of furan rings is 1. The van der Waals surface area contributed by atoms with Crippen molar-refractivity contribution in [1.29, 1.82) is 0 Å². The molecule has 4 aromatic rings. The largest absolute Gasteiger partial charge is 0.464 e. The second-order valence-electron chi connectivity index (χ2n) is 7.36. The molecule has 3 N–H and O–H groups in total. The molecule has 1 aromatic carbocycles. The first kappa shape index (κ1) is 20.1. The van der Waals surface area contributed by atoms with E-state index >= 15 is 0 Å². The zero-order valence-electron chi connectivity index (χ0n) is 16.8. The number of benzene rings is 1. The number of hydrogen-bond acceptors (Lipinski definition) is 9. The van der Waals surface area contributed by atoms with Crippen LogP contribution in [0.5, 0.6) is 0 Å². The highest BCUT2D eigenvalue weighted by molar-refractivity contribution is 7.99. The Kier molecular flexibility index (Phi) is 4.99. The van der Waals surface area contributed by atoms with Crippen LogP contribution in [0.4, 0.5) is 11.5 Å². The van der Waals surface area contributed by atoms with Gasteiger partial charge >= 0.3 is 0 Å². The van der Waals surface area contributed by atoms with Crippen LogP contribution in [0.3, 0.4) is 0 Å². The molecular weight excluding hydrogens is 438 g/mol. The Balaban J connectivity index is 1.51. The van der Waals surface area contributed by atoms with E-state index in [2.05, 4.69) is 25.7 Å². The van der Waals surface area contributed by atoms with Gasteiger partial charge in [0.05, 0.1) is 18.2 Å². The molecule has 0 atom stereocenters. The lowest BCUT2D eigenvalue weighted by atomic mass is 10.2. The fourth-order valence-electron chi connectivity index (χ4n) is 3.41. The van der Waals surface area contributed by atoms with Crippen molar-refractivity contribution in [2.45, 2.75) is 23.0 Å². The third-order valence-corrected chi connectivity index (χ3v) is 6.74. The van der Waals surface area contributed by atoms with Gasteiger partial charge in [-0.05, 0) is 36.4 Å². The third kappa shape index (κ3) is 4.18. The molecule has 12 heteroatoms. The number of nitrogens with zero attached hydrogens (tertiary/aromatic N) is 5. The summed E-state index contributed by atoms with van der Waals surface area (Å²) >= 11 is 1.51. The van der Waals surface area contributed by atoms with Crippen molar-refractivity contribution >= 4 is 55.4 Å². The summed E-state index contributed by atoms with van der Waals surface area (Å²) in [5, 5.41) is 1.78. The molecule has 0 saturated carbocycles. The lowest BCUT2D eigenvalue weighted by Crippen LogP contribution is -2.24. The standard InChI is InChI=1S/C19H21N7O3S2/c1-31(27,28)23-4-2-5-26-18-16(17(20)21-11-22-18)24-19(26)30-15-10-14-12(3-8-29-14)9-13(15)25-6-7-25/h3,8-11,23H,2,4-7H2,1H3,(H2,20,21,22). The van der Waals surface area contributed by atoms with Gasteiger partial charge in [-0.1, -0.05) is 0 Å². The van der Waals surface area contributed by atoms with Gasteiger partial charge in [0, 0.05) is 36.5 Å². The van der Waals surface area contributed by atoms with Crippen molar-refractivity contribution in [1.82, 2.24) is 24.2 Å². The molecule has 1 fully saturated rings.